The van der Waals surface area contributed by atoms with E-state index in [2.05, 4.69) is 12.0 Å². The van der Waals surface area contributed by atoms with Gasteiger partial charge in [-0.2, -0.15) is 5.10 Å². The first kappa shape index (κ1) is 14.2. The largest absolute Gasteiger partial charge is 0.387 e. The Morgan fingerprint density at radius 2 is 2.18 bits per heavy atom. The molecule has 2 saturated carbocycles. The zero-order valence-corrected chi connectivity index (χ0v) is 13.2. The molecule has 1 aliphatic heterocycles. The van der Waals surface area contributed by atoms with E-state index in [9.17, 15) is 9.90 Å². The summed E-state index contributed by atoms with van der Waals surface area (Å²) in [5.74, 6) is 0.800. The third-order valence-electron chi connectivity index (χ3n) is 6.22. The topological polar surface area (TPSA) is 58.4 Å². The fourth-order valence-electron chi connectivity index (χ4n) is 4.24. The van der Waals surface area contributed by atoms with Gasteiger partial charge >= 0.3 is 0 Å². The Morgan fingerprint density at radius 1 is 1.41 bits per heavy atom. The van der Waals surface area contributed by atoms with Gasteiger partial charge in [-0.15, -0.1) is 0 Å². The van der Waals surface area contributed by atoms with Crippen LogP contribution in [0.5, 0.6) is 0 Å². The van der Waals surface area contributed by atoms with Crippen LogP contribution >= 0.6 is 0 Å². The summed E-state index contributed by atoms with van der Waals surface area (Å²) in [5.41, 5.74) is -0.924. The summed E-state index contributed by atoms with van der Waals surface area (Å²) in [6.07, 6.45) is 9.01. The molecule has 1 amide bonds. The van der Waals surface area contributed by atoms with Crippen LogP contribution in [-0.4, -0.2) is 44.4 Å². The molecule has 2 atom stereocenters. The molecule has 1 N–H and O–H groups in total. The van der Waals surface area contributed by atoms with Crippen LogP contribution in [0.3, 0.4) is 0 Å². The molecular weight excluding hydrogens is 278 g/mol. The smallest absolute Gasteiger partial charge is 0.230 e. The first-order valence-corrected chi connectivity index (χ1v) is 8.53. The standard InChI is InChI=1S/C17H25N3O2/c1-13-10-19(12-17(13,22)14-4-2-5-14)15(21)16(6-7-16)11-20-9-3-8-18-20/h3,8-9,13-14,22H,2,4-7,10-12H2,1H3. The average Bonchev–Trinajstić information content (AvgIpc) is 2.88. The van der Waals surface area contributed by atoms with Crippen molar-refractivity contribution < 1.29 is 9.90 Å². The Hall–Kier alpha value is -1.36. The van der Waals surface area contributed by atoms with Gasteiger partial charge in [-0.25, -0.2) is 0 Å². The van der Waals surface area contributed by atoms with E-state index in [0.29, 0.717) is 25.6 Å². The fourth-order valence-corrected chi connectivity index (χ4v) is 4.24. The highest BCUT2D eigenvalue weighted by atomic mass is 16.3. The fraction of sp³-hybridized carbons (Fsp3) is 0.765. The maximum Gasteiger partial charge on any atom is 0.230 e. The molecule has 0 radical (unpaired) electrons. The van der Waals surface area contributed by atoms with Crippen molar-refractivity contribution in [2.24, 2.45) is 17.3 Å². The van der Waals surface area contributed by atoms with Crippen molar-refractivity contribution in [2.45, 2.75) is 51.2 Å². The van der Waals surface area contributed by atoms with Crippen LogP contribution in [0.4, 0.5) is 0 Å². The summed E-state index contributed by atoms with van der Waals surface area (Å²) in [5, 5.41) is 15.3. The van der Waals surface area contributed by atoms with Gasteiger partial charge in [-0.05, 0) is 37.7 Å². The Kier molecular flexibility index (Phi) is 3.12. The molecule has 5 nitrogen and oxygen atoms in total. The van der Waals surface area contributed by atoms with Crippen molar-refractivity contribution in [3.63, 3.8) is 0 Å². The van der Waals surface area contributed by atoms with Crippen LogP contribution < -0.4 is 0 Å². The van der Waals surface area contributed by atoms with Crippen LogP contribution in [0, 0.1) is 17.3 Å². The van der Waals surface area contributed by atoms with Crippen molar-refractivity contribution in [1.29, 1.82) is 0 Å². The molecule has 5 heteroatoms. The second-order valence-electron chi connectivity index (χ2n) is 7.69. The Labute approximate surface area is 131 Å². The lowest BCUT2D eigenvalue weighted by atomic mass is 9.69. The average molecular weight is 303 g/mol. The molecule has 3 aliphatic rings. The van der Waals surface area contributed by atoms with E-state index in [0.717, 1.165) is 25.7 Å². The number of aromatic nitrogens is 2. The van der Waals surface area contributed by atoms with Crippen LogP contribution in [0.25, 0.3) is 0 Å². The van der Waals surface area contributed by atoms with Gasteiger partial charge in [0, 0.05) is 31.4 Å². The van der Waals surface area contributed by atoms with Gasteiger partial charge in [0.1, 0.15) is 0 Å². The molecule has 1 aromatic rings. The molecule has 2 heterocycles. The minimum atomic E-state index is -0.657. The Balaban J connectivity index is 1.47. The molecule has 0 bridgehead atoms. The summed E-state index contributed by atoms with van der Waals surface area (Å²) in [6.45, 7) is 4.00. The van der Waals surface area contributed by atoms with E-state index in [1.807, 2.05) is 21.8 Å². The normalized spacial score (nSPS) is 33.7. The van der Waals surface area contributed by atoms with Crippen LogP contribution in [-0.2, 0) is 11.3 Å². The van der Waals surface area contributed by atoms with Gasteiger partial charge < -0.3 is 10.0 Å². The maximum absolute atomic E-state index is 13.0. The quantitative estimate of drug-likeness (QED) is 0.920. The molecule has 4 rings (SSSR count). The van der Waals surface area contributed by atoms with Crippen molar-refractivity contribution in [1.82, 2.24) is 14.7 Å². The van der Waals surface area contributed by atoms with Gasteiger partial charge in [0.25, 0.3) is 0 Å². The highest BCUT2D eigenvalue weighted by molar-refractivity contribution is 5.85. The molecule has 0 spiro atoms. The number of rotatable bonds is 4. The second-order valence-corrected chi connectivity index (χ2v) is 7.69. The van der Waals surface area contributed by atoms with Crippen molar-refractivity contribution in [2.75, 3.05) is 13.1 Å². The summed E-state index contributed by atoms with van der Waals surface area (Å²) >= 11 is 0. The zero-order valence-electron chi connectivity index (χ0n) is 13.2. The molecule has 3 fully saturated rings. The van der Waals surface area contributed by atoms with Gasteiger partial charge in [0.2, 0.25) is 5.91 Å². The monoisotopic (exact) mass is 303 g/mol. The number of nitrogens with zero attached hydrogens (tertiary/aromatic N) is 3. The lowest BCUT2D eigenvalue weighted by Gasteiger charge is -2.41. The third-order valence-corrected chi connectivity index (χ3v) is 6.22. The molecule has 2 unspecified atom stereocenters. The van der Waals surface area contributed by atoms with Crippen molar-refractivity contribution in [3.8, 4) is 0 Å². The molecule has 22 heavy (non-hydrogen) atoms. The van der Waals surface area contributed by atoms with Crippen molar-refractivity contribution >= 4 is 5.91 Å². The first-order chi connectivity index (χ1) is 10.5. The highest BCUT2D eigenvalue weighted by Crippen LogP contribution is 2.51. The maximum atomic E-state index is 13.0. The van der Waals surface area contributed by atoms with Gasteiger partial charge in [0.05, 0.1) is 17.6 Å². The highest BCUT2D eigenvalue weighted by Gasteiger charge is 2.57. The number of amides is 1. The van der Waals surface area contributed by atoms with Gasteiger partial charge in [-0.1, -0.05) is 13.3 Å². The van der Waals surface area contributed by atoms with Crippen LogP contribution in [0.1, 0.15) is 39.0 Å². The number of hydrogen-bond acceptors (Lipinski definition) is 3. The Morgan fingerprint density at radius 3 is 2.73 bits per heavy atom. The lowest BCUT2D eigenvalue weighted by molar-refractivity contribution is -0.138. The van der Waals surface area contributed by atoms with Gasteiger partial charge in [-0.3, -0.25) is 9.48 Å². The van der Waals surface area contributed by atoms with E-state index in [1.54, 1.807) is 6.20 Å². The number of likely N-dealkylation sites (tertiary alicyclic amines) is 1. The molecular formula is C17H25N3O2. The van der Waals surface area contributed by atoms with Crippen LogP contribution in [0.15, 0.2) is 18.5 Å². The molecule has 1 aromatic heterocycles. The molecule has 120 valence electrons. The van der Waals surface area contributed by atoms with Crippen LogP contribution in [0.2, 0.25) is 0 Å². The summed E-state index contributed by atoms with van der Waals surface area (Å²) < 4.78 is 1.86. The number of aliphatic hydroxyl groups is 1. The number of carbonyl (C=O) groups is 1. The van der Waals surface area contributed by atoms with Gasteiger partial charge in [0.15, 0.2) is 0 Å². The van der Waals surface area contributed by atoms with E-state index in [1.165, 1.54) is 6.42 Å². The molecule has 2 aliphatic carbocycles. The van der Waals surface area contributed by atoms with E-state index >= 15 is 0 Å². The second kappa shape index (κ2) is 4.82. The number of hydrogen-bond donors (Lipinski definition) is 1. The van der Waals surface area contributed by atoms with Crippen molar-refractivity contribution in [3.05, 3.63) is 18.5 Å². The zero-order chi connectivity index (χ0) is 15.4. The molecule has 1 saturated heterocycles. The minimum absolute atomic E-state index is 0.183. The van der Waals surface area contributed by atoms with E-state index < -0.39 is 5.60 Å². The Bertz CT molecular complexity index is 562. The third kappa shape index (κ3) is 2.09. The lowest BCUT2D eigenvalue weighted by Crippen LogP contribution is -2.48. The minimum Gasteiger partial charge on any atom is -0.387 e. The number of carbonyl (C=O) groups excluding carboxylic acids is 1. The number of β-amino-alcohol motifs (C(OH)–C–C–N with tert-alkyl or cyclic N) is 1. The first-order valence-electron chi connectivity index (χ1n) is 8.53. The van der Waals surface area contributed by atoms with E-state index in [-0.39, 0.29) is 17.2 Å². The van der Waals surface area contributed by atoms with E-state index in [4.69, 9.17) is 0 Å². The SMILES string of the molecule is CC1CN(C(=O)C2(Cn3cccn3)CC2)CC1(O)C1CCC1. The molecule has 0 aromatic carbocycles. The summed E-state index contributed by atoms with van der Waals surface area (Å²) in [6, 6.07) is 1.90. The predicted octanol–water partition coefficient (Wildman–Crippen LogP) is 1.67. The predicted molar refractivity (Wildman–Crippen MR) is 81.9 cm³/mol. The summed E-state index contributed by atoms with van der Waals surface area (Å²) in [7, 11) is 0. The summed E-state index contributed by atoms with van der Waals surface area (Å²) in [4.78, 5) is 14.9.